The third kappa shape index (κ3) is 5.81. The Balaban J connectivity index is 1.46. The van der Waals surface area contributed by atoms with E-state index in [1.165, 1.54) is 11.3 Å². The second-order valence-electron chi connectivity index (χ2n) is 7.44. The lowest BCUT2D eigenvalue weighted by molar-refractivity contribution is -0.116. The number of nitrogens with one attached hydrogen (secondary N) is 2. The number of ether oxygens (including phenoxy) is 1. The maximum absolute atomic E-state index is 12.9. The van der Waals surface area contributed by atoms with E-state index in [4.69, 9.17) is 16.3 Å². The number of anilines is 1. The number of nitrogens with zero attached hydrogens (tertiary/aromatic N) is 1. The van der Waals surface area contributed by atoms with Crippen molar-refractivity contribution in [3.05, 3.63) is 100 Å². The van der Waals surface area contributed by atoms with Crippen molar-refractivity contribution < 1.29 is 14.3 Å². The van der Waals surface area contributed by atoms with E-state index in [-0.39, 0.29) is 18.2 Å². The molecule has 0 aliphatic rings. The molecule has 0 aliphatic heterocycles. The van der Waals surface area contributed by atoms with Gasteiger partial charge < -0.3 is 15.4 Å². The lowest BCUT2D eigenvalue weighted by Gasteiger charge is -2.19. The van der Waals surface area contributed by atoms with Crippen LogP contribution in [0.1, 0.15) is 28.4 Å². The quantitative estimate of drug-likeness (QED) is 0.318. The summed E-state index contributed by atoms with van der Waals surface area (Å²) < 4.78 is 5.19. The van der Waals surface area contributed by atoms with Gasteiger partial charge in [0.2, 0.25) is 5.91 Å². The smallest absolute Gasteiger partial charge is 0.253 e. The largest absolute Gasteiger partial charge is 0.497 e. The summed E-state index contributed by atoms with van der Waals surface area (Å²) in [5.41, 5.74) is 2.85. The van der Waals surface area contributed by atoms with Gasteiger partial charge in [-0.15, -0.1) is 11.3 Å². The van der Waals surface area contributed by atoms with Crippen LogP contribution in [-0.4, -0.2) is 23.9 Å². The highest BCUT2D eigenvalue weighted by molar-refractivity contribution is 7.14. The number of carbonyl (C=O) groups is 2. The highest BCUT2D eigenvalue weighted by Crippen LogP contribution is 2.27. The molecule has 34 heavy (non-hydrogen) atoms. The van der Waals surface area contributed by atoms with Crippen LogP contribution >= 0.6 is 22.9 Å². The van der Waals surface area contributed by atoms with Gasteiger partial charge >= 0.3 is 0 Å². The van der Waals surface area contributed by atoms with Gasteiger partial charge in [-0.05, 0) is 42.0 Å². The third-order valence-corrected chi connectivity index (χ3v) is 6.24. The molecule has 0 spiro atoms. The van der Waals surface area contributed by atoms with Gasteiger partial charge in [0.05, 0.1) is 35.9 Å². The highest BCUT2D eigenvalue weighted by Gasteiger charge is 2.21. The van der Waals surface area contributed by atoms with Gasteiger partial charge in [0.25, 0.3) is 5.91 Å². The first kappa shape index (κ1) is 23.5. The molecule has 2 N–H and O–H groups in total. The Hall–Kier alpha value is -3.68. The van der Waals surface area contributed by atoms with E-state index in [9.17, 15) is 9.59 Å². The molecule has 4 rings (SSSR count). The van der Waals surface area contributed by atoms with Crippen LogP contribution in [0.5, 0.6) is 5.75 Å². The molecule has 1 aromatic heterocycles. The fourth-order valence-electron chi connectivity index (χ4n) is 3.40. The Bertz CT molecular complexity index is 1280. The summed E-state index contributed by atoms with van der Waals surface area (Å²) in [6, 6.07) is 23.2. The maximum Gasteiger partial charge on any atom is 0.253 e. The first-order valence-electron chi connectivity index (χ1n) is 10.5. The van der Waals surface area contributed by atoms with Crippen LogP contribution in [0.4, 0.5) is 5.13 Å². The lowest BCUT2D eigenvalue weighted by atomic mass is 10.0. The zero-order chi connectivity index (χ0) is 23.9. The number of thiazole rings is 1. The number of halogens is 1. The van der Waals surface area contributed by atoms with Gasteiger partial charge in [0, 0.05) is 10.9 Å². The Morgan fingerprint density at radius 1 is 1.00 bits per heavy atom. The van der Waals surface area contributed by atoms with Crippen LogP contribution in [0.25, 0.3) is 11.3 Å². The van der Waals surface area contributed by atoms with Crippen LogP contribution in [0.3, 0.4) is 0 Å². The van der Waals surface area contributed by atoms with Crippen molar-refractivity contribution in [1.29, 1.82) is 0 Å². The number of hydrogen-bond donors (Lipinski definition) is 2. The monoisotopic (exact) mass is 491 g/mol. The Labute approximate surface area is 206 Å². The molecule has 0 aliphatic carbocycles. The number of aromatic nitrogens is 1. The van der Waals surface area contributed by atoms with Crippen LogP contribution in [0.2, 0.25) is 5.02 Å². The molecule has 0 saturated heterocycles. The minimum absolute atomic E-state index is 0.0393. The summed E-state index contributed by atoms with van der Waals surface area (Å²) in [6.45, 7) is 0. The van der Waals surface area contributed by atoms with Crippen molar-refractivity contribution in [3.63, 3.8) is 0 Å². The maximum atomic E-state index is 12.9. The predicted octanol–water partition coefficient (Wildman–Crippen LogP) is 5.97. The topological polar surface area (TPSA) is 80.3 Å². The Kier molecular flexibility index (Phi) is 7.57. The first-order valence-corrected chi connectivity index (χ1v) is 11.8. The highest BCUT2D eigenvalue weighted by atomic mass is 35.5. The lowest BCUT2D eigenvalue weighted by Crippen LogP contribution is -2.31. The summed E-state index contributed by atoms with van der Waals surface area (Å²) in [5, 5.41) is 8.50. The number of amides is 2. The van der Waals surface area contributed by atoms with Crippen LogP contribution in [0.15, 0.2) is 84.2 Å². The zero-order valence-corrected chi connectivity index (χ0v) is 19.9. The van der Waals surface area contributed by atoms with Gasteiger partial charge in [0.1, 0.15) is 5.75 Å². The molecular weight excluding hydrogens is 470 g/mol. The van der Waals surface area contributed by atoms with Gasteiger partial charge in [0.15, 0.2) is 5.13 Å². The average molecular weight is 492 g/mol. The van der Waals surface area contributed by atoms with E-state index in [0.717, 1.165) is 22.6 Å². The number of carbonyl (C=O) groups excluding carboxylic acids is 2. The van der Waals surface area contributed by atoms with Gasteiger partial charge in [-0.1, -0.05) is 54.1 Å². The molecule has 8 heteroatoms. The number of hydrogen-bond acceptors (Lipinski definition) is 5. The second kappa shape index (κ2) is 11.0. The van der Waals surface area contributed by atoms with Crippen LogP contribution in [0, 0.1) is 0 Å². The second-order valence-corrected chi connectivity index (χ2v) is 8.70. The molecule has 0 saturated carbocycles. The molecule has 1 unspecified atom stereocenters. The van der Waals surface area contributed by atoms with Crippen LogP contribution < -0.4 is 15.4 Å². The third-order valence-electron chi connectivity index (χ3n) is 5.15. The van der Waals surface area contributed by atoms with E-state index in [0.29, 0.717) is 15.7 Å². The van der Waals surface area contributed by atoms with Crippen molar-refractivity contribution in [1.82, 2.24) is 10.3 Å². The number of rotatable bonds is 8. The summed E-state index contributed by atoms with van der Waals surface area (Å²) in [7, 11) is 1.62. The number of benzene rings is 3. The first-order chi connectivity index (χ1) is 16.5. The molecule has 0 radical (unpaired) electrons. The molecule has 6 nitrogen and oxygen atoms in total. The fraction of sp³-hybridized carbons (Fsp3) is 0.115. The molecule has 172 valence electrons. The summed E-state index contributed by atoms with van der Waals surface area (Å²) >= 11 is 7.52. The molecular formula is C26H22ClN3O3S. The summed E-state index contributed by atoms with van der Waals surface area (Å²) in [6.07, 6.45) is 0.0393. The van der Waals surface area contributed by atoms with Crippen molar-refractivity contribution in [3.8, 4) is 17.0 Å². The summed E-state index contributed by atoms with van der Waals surface area (Å²) in [5.74, 6) is 0.158. The Morgan fingerprint density at radius 2 is 1.71 bits per heavy atom. The van der Waals surface area contributed by atoms with Crippen molar-refractivity contribution in [2.75, 3.05) is 12.4 Å². The number of methoxy groups -OCH3 is 1. The average Bonchev–Trinajstić information content (AvgIpc) is 3.32. The normalized spacial score (nSPS) is 11.5. The van der Waals surface area contributed by atoms with Crippen LogP contribution in [-0.2, 0) is 4.79 Å². The summed E-state index contributed by atoms with van der Waals surface area (Å²) in [4.78, 5) is 30.2. The minimum Gasteiger partial charge on any atom is -0.497 e. The van der Waals surface area contributed by atoms with E-state index in [1.807, 2.05) is 60.0 Å². The van der Waals surface area contributed by atoms with E-state index in [2.05, 4.69) is 15.6 Å². The zero-order valence-electron chi connectivity index (χ0n) is 18.3. The minimum atomic E-state index is -0.536. The van der Waals surface area contributed by atoms with Gasteiger partial charge in [-0.25, -0.2) is 4.98 Å². The molecule has 0 fully saturated rings. The van der Waals surface area contributed by atoms with Crippen molar-refractivity contribution >= 4 is 39.9 Å². The molecule has 1 atom stereocenters. The fourth-order valence-corrected chi connectivity index (χ4v) is 4.36. The van der Waals surface area contributed by atoms with Crippen molar-refractivity contribution in [2.24, 2.45) is 0 Å². The molecule has 0 bridgehead atoms. The van der Waals surface area contributed by atoms with E-state index in [1.54, 1.807) is 31.4 Å². The van der Waals surface area contributed by atoms with Gasteiger partial charge in [-0.2, -0.15) is 0 Å². The van der Waals surface area contributed by atoms with E-state index >= 15 is 0 Å². The Morgan fingerprint density at radius 3 is 2.41 bits per heavy atom. The molecule has 4 aromatic rings. The SMILES string of the molecule is COc1ccc(-c2csc(NC(=O)CC(NC(=O)c3ccccc3Cl)c3ccccc3)n2)cc1. The molecule has 1 heterocycles. The predicted molar refractivity (Wildman–Crippen MR) is 135 cm³/mol. The molecule has 2 amide bonds. The standard InChI is InChI=1S/C26H22ClN3O3S/c1-33-19-13-11-18(12-14-19)23-16-34-26(29-23)30-24(31)15-22(17-7-3-2-4-8-17)28-25(32)20-9-5-6-10-21(20)27/h2-14,16,22H,15H2,1H3,(H,28,32)(H,29,30,31). The van der Waals surface area contributed by atoms with Gasteiger partial charge in [-0.3, -0.25) is 9.59 Å². The molecule has 3 aromatic carbocycles. The van der Waals surface area contributed by atoms with Crippen molar-refractivity contribution in [2.45, 2.75) is 12.5 Å². The van der Waals surface area contributed by atoms with E-state index < -0.39 is 6.04 Å².